The molecule has 0 aromatic heterocycles. The van der Waals surface area contributed by atoms with Crippen molar-refractivity contribution in [3.63, 3.8) is 0 Å². The molecule has 0 amide bonds. The van der Waals surface area contributed by atoms with Crippen LogP contribution in [0.1, 0.15) is 11.6 Å². The third kappa shape index (κ3) is 4.48. The number of piperazine rings is 1. The lowest BCUT2D eigenvalue weighted by Gasteiger charge is -2.39. The van der Waals surface area contributed by atoms with Crippen LogP contribution in [0.4, 0.5) is 14.5 Å². The minimum Gasteiger partial charge on any atom is -0.390 e. The van der Waals surface area contributed by atoms with E-state index in [1.165, 1.54) is 11.0 Å². The van der Waals surface area contributed by atoms with Gasteiger partial charge in [0.05, 0.1) is 4.92 Å². The lowest BCUT2D eigenvalue weighted by atomic mass is 9.97. The van der Waals surface area contributed by atoms with Gasteiger partial charge in [0.2, 0.25) is 0 Å². The molecule has 0 spiro atoms. The van der Waals surface area contributed by atoms with E-state index >= 15 is 0 Å². The van der Waals surface area contributed by atoms with Crippen molar-refractivity contribution in [2.45, 2.75) is 12.0 Å². The van der Waals surface area contributed by atoms with E-state index in [0.717, 1.165) is 12.1 Å². The van der Waals surface area contributed by atoms with Crippen LogP contribution in [-0.4, -0.2) is 53.6 Å². The summed E-state index contributed by atoms with van der Waals surface area (Å²) in [5.74, 6) is -3.46. The molecule has 1 aromatic carbocycles. The van der Waals surface area contributed by atoms with Crippen LogP contribution in [0, 0.1) is 10.1 Å². The smallest absolute Gasteiger partial charge is 0.289 e. The van der Waals surface area contributed by atoms with Gasteiger partial charge in [-0.05, 0) is 6.07 Å². The van der Waals surface area contributed by atoms with Gasteiger partial charge in [0.1, 0.15) is 12.6 Å². The summed E-state index contributed by atoms with van der Waals surface area (Å²) in [7, 11) is 0. The van der Waals surface area contributed by atoms with Crippen molar-refractivity contribution in [3.8, 4) is 0 Å². The van der Waals surface area contributed by atoms with Crippen molar-refractivity contribution in [2.24, 2.45) is 0 Å². The first-order valence-corrected chi connectivity index (χ1v) is 7.12. The van der Waals surface area contributed by atoms with Gasteiger partial charge in [0, 0.05) is 48.9 Å². The van der Waals surface area contributed by atoms with Crippen LogP contribution in [0.15, 0.2) is 18.2 Å². The molecule has 1 atom stereocenters. The number of rotatable bonds is 5. The highest BCUT2D eigenvalue weighted by Crippen LogP contribution is 2.40. The number of benzene rings is 1. The number of nitro benzene ring substituents is 1. The molecule has 0 saturated carbocycles. The van der Waals surface area contributed by atoms with E-state index in [2.05, 4.69) is 5.32 Å². The van der Waals surface area contributed by atoms with Crippen LogP contribution < -0.4 is 5.32 Å². The molecule has 1 saturated heterocycles. The fourth-order valence-corrected chi connectivity index (χ4v) is 2.79. The van der Waals surface area contributed by atoms with E-state index in [9.17, 15) is 18.9 Å². The predicted octanol–water partition coefficient (Wildman–Crippen LogP) is 2.24. The SMILES string of the molecule is Cl.O=[N+]([O-])c1ccc(Cl)c([C@@H](N2CCNCC2)C(F)(F)CO)c1. The minimum absolute atomic E-state index is 0. The Morgan fingerprint density at radius 2 is 2.04 bits per heavy atom. The summed E-state index contributed by atoms with van der Waals surface area (Å²) < 4.78 is 28.5. The number of nitrogens with one attached hydrogen (secondary N) is 1. The summed E-state index contributed by atoms with van der Waals surface area (Å²) in [6.07, 6.45) is 0. The summed E-state index contributed by atoms with van der Waals surface area (Å²) in [5, 5.41) is 23.0. The molecule has 2 N–H and O–H groups in total. The number of hydrogen-bond donors (Lipinski definition) is 2. The number of hydrogen-bond acceptors (Lipinski definition) is 5. The predicted molar refractivity (Wildman–Crippen MR) is 84.6 cm³/mol. The summed E-state index contributed by atoms with van der Waals surface area (Å²) in [4.78, 5) is 11.7. The minimum atomic E-state index is -3.46. The summed E-state index contributed by atoms with van der Waals surface area (Å²) in [6, 6.07) is 1.94. The maximum absolute atomic E-state index is 14.3. The van der Waals surface area contributed by atoms with Crippen LogP contribution in [0.3, 0.4) is 0 Å². The number of halogens is 4. The molecule has 130 valence electrons. The van der Waals surface area contributed by atoms with Gasteiger partial charge < -0.3 is 10.4 Å². The zero-order valence-electron chi connectivity index (χ0n) is 12.0. The Balaban J connectivity index is 0.00000264. The molecule has 1 heterocycles. The monoisotopic (exact) mass is 371 g/mol. The first-order valence-electron chi connectivity index (χ1n) is 6.74. The Kier molecular flexibility index (Phi) is 7.09. The number of nitrogens with zero attached hydrogens (tertiary/aromatic N) is 2. The van der Waals surface area contributed by atoms with Crippen LogP contribution in [0.5, 0.6) is 0 Å². The van der Waals surface area contributed by atoms with Gasteiger partial charge in [-0.3, -0.25) is 15.0 Å². The van der Waals surface area contributed by atoms with Crippen LogP contribution in [-0.2, 0) is 0 Å². The molecule has 2 rings (SSSR count). The molecule has 1 aromatic rings. The summed E-state index contributed by atoms with van der Waals surface area (Å²) in [5.41, 5.74) is -0.356. The van der Waals surface area contributed by atoms with Gasteiger partial charge in [-0.15, -0.1) is 12.4 Å². The number of non-ortho nitro benzene ring substituents is 1. The third-order valence-corrected chi connectivity index (χ3v) is 3.96. The standard InChI is InChI=1S/C13H16ClF2N3O3.ClH/c14-11-2-1-9(19(21)22)7-10(11)12(13(15,16)8-20)18-5-3-17-4-6-18;/h1-2,7,12,17,20H,3-6,8H2;1H/t12-;/m1./s1. The van der Waals surface area contributed by atoms with Gasteiger partial charge in [0.15, 0.2) is 0 Å². The average Bonchev–Trinajstić information content (AvgIpc) is 2.50. The van der Waals surface area contributed by atoms with Gasteiger partial charge in [-0.1, -0.05) is 11.6 Å². The van der Waals surface area contributed by atoms with Crippen molar-refractivity contribution in [1.82, 2.24) is 10.2 Å². The maximum Gasteiger partial charge on any atom is 0.289 e. The molecule has 1 aliphatic heterocycles. The molecule has 1 aliphatic rings. The fourth-order valence-electron chi connectivity index (χ4n) is 2.57. The Morgan fingerprint density at radius 3 is 2.57 bits per heavy atom. The van der Waals surface area contributed by atoms with E-state index < -0.39 is 23.5 Å². The third-order valence-electron chi connectivity index (χ3n) is 3.61. The molecular weight excluding hydrogens is 355 g/mol. The second kappa shape index (κ2) is 8.16. The summed E-state index contributed by atoms with van der Waals surface area (Å²) >= 11 is 6.00. The molecule has 6 nitrogen and oxygen atoms in total. The van der Waals surface area contributed by atoms with Gasteiger partial charge >= 0.3 is 0 Å². The summed E-state index contributed by atoms with van der Waals surface area (Å²) in [6.45, 7) is 0.342. The van der Waals surface area contributed by atoms with Crippen LogP contribution in [0.2, 0.25) is 5.02 Å². The zero-order chi connectivity index (χ0) is 16.3. The molecular formula is C13H17Cl2F2N3O3. The molecule has 0 unspecified atom stereocenters. The first-order chi connectivity index (χ1) is 10.4. The Hall–Kier alpha value is -1.06. The highest BCUT2D eigenvalue weighted by Gasteiger charge is 2.45. The second-order valence-corrected chi connectivity index (χ2v) is 5.48. The number of aliphatic hydroxyl groups excluding tert-OH is 1. The molecule has 0 bridgehead atoms. The van der Waals surface area contributed by atoms with Crippen LogP contribution >= 0.6 is 24.0 Å². The molecule has 1 fully saturated rings. The number of nitro groups is 1. The highest BCUT2D eigenvalue weighted by molar-refractivity contribution is 6.31. The maximum atomic E-state index is 14.3. The Morgan fingerprint density at radius 1 is 1.43 bits per heavy atom. The molecule has 0 radical (unpaired) electrons. The first kappa shape index (κ1) is 20.0. The Bertz CT molecular complexity index is 557. The van der Waals surface area contributed by atoms with E-state index in [4.69, 9.17) is 16.7 Å². The van der Waals surface area contributed by atoms with Crippen molar-refractivity contribution >= 4 is 29.7 Å². The lowest BCUT2D eigenvalue weighted by Crippen LogP contribution is -2.51. The quantitative estimate of drug-likeness (QED) is 0.612. The molecule has 10 heteroatoms. The van der Waals surface area contributed by atoms with Crippen molar-refractivity contribution in [1.29, 1.82) is 0 Å². The van der Waals surface area contributed by atoms with Crippen molar-refractivity contribution < 1.29 is 18.8 Å². The fraction of sp³-hybridized carbons (Fsp3) is 0.538. The van der Waals surface area contributed by atoms with Crippen molar-refractivity contribution in [2.75, 3.05) is 32.8 Å². The topological polar surface area (TPSA) is 78.6 Å². The van der Waals surface area contributed by atoms with E-state index in [1.54, 1.807) is 0 Å². The van der Waals surface area contributed by atoms with Crippen molar-refractivity contribution in [3.05, 3.63) is 38.9 Å². The van der Waals surface area contributed by atoms with E-state index in [1.807, 2.05) is 0 Å². The van der Waals surface area contributed by atoms with Crippen LogP contribution in [0.25, 0.3) is 0 Å². The van der Waals surface area contributed by atoms with E-state index in [0.29, 0.717) is 26.2 Å². The lowest BCUT2D eigenvalue weighted by molar-refractivity contribution is -0.385. The van der Waals surface area contributed by atoms with Gasteiger partial charge in [0.25, 0.3) is 11.6 Å². The van der Waals surface area contributed by atoms with E-state index in [-0.39, 0.29) is 28.7 Å². The normalized spacial score (nSPS) is 17.4. The molecule has 23 heavy (non-hydrogen) atoms. The molecule has 0 aliphatic carbocycles. The zero-order valence-corrected chi connectivity index (χ0v) is 13.6. The number of alkyl halides is 2. The Labute approximate surface area is 143 Å². The highest BCUT2D eigenvalue weighted by atomic mass is 35.5. The second-order valence-electron chi connectivity index (χ2n) is 5.07. The van der Waals surface area contributed by atoms with Gasteiger partial charge in [-0.25, -0.2) is 8.78 Å². The largest absolute Gasteiger partial charge is 0.390 e. The van der Waals surface area contributed by atoms with Gasteiger partial charge in [-0.2, -0.15) is 0 Å². The average molecular weight is 372 g/mol. The number of aliphatic hydroxyl groups is 1.